The van der Waals surface area contributed by atoms with Crippen LogP contribution in [0.1, 0.15) is 32.3 Å². The molecule has 7 heteroatoms. The van der Waals surface area contributed by atoms with Crippen LogP contribution in [-0.4, -0.2) is 48.1 Å². The summed E-state index contributed by atoms with van der Waals surface area (Å²) < 4.78 is 20.0. The topological polar surface area (TPSA) is 61.8 Å². The molecule has 1 atom stereocenters. The highest BCUT2D eigenvalue weighted by molar-refractivity contribution is 5.79. The molecule has 156 valence electrons. The number of nitrogens with one attached hydrogen (secondary N) is 2. The third-order valence-electron chi connectivity index (χ3n) is 5.03. The van der Waals surface area contributed by atoms with Gasteiger partial charge in [-0.15, -0.1) is 0 Å². The summed E-state index contributed by atoms with van der Waals surface area (Å²) in [6.45, 7) is 8.52. The number of rotatable bonds is 8. The lowest BCUT2D eigenvalue weighted by Crippen LogP contribution is -2.44. The first-order chi connectivity index (χ1) is 14.2. The van der Waals surface area contributed by atoms with Gasteiger partial charge in [0.05, 0.1) is 12.7 Å². The quantitative estimate of drug-likeness (QED) is 0.525. The summed E-state index contributed by atoms with van der Waals surface area (Å²) in [5.74, 6) is 1.02. The fourth-order valence-electron chi connectivity index (χ4n) is 3.53. The van der Waals surface area contributed by atoms with Crippen LogP contribution in [0.2, 0.25) is 0 Å². The first-order valence-electron chi connectivity index (χ1n) is 10.3. The monoisotopic (exact) mass is 399 g/mol. The maximum Gasteiger partial charge on any atom is 0.191 e. The lowest BCUT2D eigenvalue weighted by atomic mass is 10.2. The fourth-order valence-corrected chi connectivity index (χ4v) is 3.53. The van der Waals surface area contributed by atoms with E-state index >= 15 is 0 Å². The number of aromatic nitrogens is 1. The van der Waals surface area contributed by atoms with Gasteiger partial charge >= 0.3 is 0 Å². The van der Waals surface area contributed by atoms with Crippen LogP contribution in [0.25, 0.3) is 0 Å². The molecule has 1 aromatic carbocycles. The molecule has 0 spiro atoms. The number of guanidine groups is 1. The zero-order valence-electron chi connectivity index (χ0n) is 17.2. The summed E-state index contributed by atoms with van der Waals surface area (Å²) in [6.07, 6.45) is 5.66. The van der Waals surface area contributed by atoms with Gasteiger partial charge in [-0.2, -0.15) is 0 Å². The molecule has 2 heterocycles. The third-order valence-corrected chi connectivity index (χ3v) is 5.03. The van der Waals surface area contributed by atoms with Crippen molar-refractivity contribution < 1.29 is 9.13 Å². The highest BCUT2D eigenvalue weighted by Crippen LogP contribution is 2.24. The summed E-state index contributed by atoms with van der Waals surface area (Å²) in [5.41, 5.74) is 0.786. The predicted molar refractivity (Wildman–Crippen MR) is 114 cm³/mol. The second-order valence-electron chi connectivity index (χ2n) is 7.06. The molecular weight excluding hydrogens is 369 g/mol. The Bertz CT molecular complexity index is 799. The van der Waals surface area contributed by atoms with Crippen molar-refractivity contribution in [3.8, 4) is 11.5 Å². The minimum Gasteiger partial charge on any atom is -0.453 e. The maximum absolute atomic E-state index is 14.4. The number of likely N-dealkylation sites (N-methyl/N-ethyl adjacent to an activating group) is 1. The molecule has 2 aromatic rings. The zero-order valence-corrected chi connectivity index (χ0v) is 17.2. The van der Waals surface area contributed by atoms with Crippen molar-refractivity contribution in [2.75, 3.05) is 26.2 Å². The Morgan fingerprint density at radius 3 is 2.93 bits per heavy atom. The largest absolute Gasteiger partial charge is 0.453 e. The molecular formula is C22H30FN5O. The Morgan fingerprint density at radius 2 is 2.21 bits per heavy atom. The third kappa shape index (κ3) is 6.15. The van der Waals surface area contributed by atoms with E-state index in [4.69, 9.17) is 4.74 Å². The van der Waals surface area contributed by atoms with Crippen LogP contribution in [0.15, 0.2) is 47.7 Å². The first-order valence-corrected chi connectivity index (χ1v) is 10.3. The van der Waals surface area contributed by atoms with E-state index in [9.17, 15) is 4.39 Å². The van der Waals surface area contributed by atoms with Crippen molar-refractivity contribution in [3.05, 3.63) is 54.1 Å². The maximum atomic E-state index is 14.4. The molecule has 1 fully saturated rings. The molecule has 1 unspecified atom stereocenters. The lowest BCUT2D eigenvalue weighted by Gasteiger charge is -2.24. The molecule has 0 amide bonds. The molecule has 1 aliphatic heterocycles. The predicted octanol–water partition coefficient (Wildman–Crippen LogP) is 3.55. The zero-order chi connectivity index (χ0) is 20.5. The number of hydrogen-bond donors (Lipinski definition) is 2. The van der Waals surface area contributed by atoms with Gasteiger partial charge in [0.25, 0.3) is 0 Å². The van der Waals surface area contributed by atoms with Gasteiger partial charge in [0.2, 0.25) is 0 Å². The molecule has 6 nitrogen and oxygen atoms in total. The molecule has 1 aliphatic rings. The Kier molecular flexibility index (Phi) is 7.81. The van der Waals surface area contributed by atoms with E-state index in [0.717, 1.165) is 31.2 Å². The van der Waals surface area contributed by atoms with E-state index in [2.05, 4.69) is 32.4 Å². The second kappa shape index (κ2) is 10.8. The molecule has 1 aromatic heterocycles. The van der Waals surface area contributed by atoms with E-state index in [-0.39, 0.29) is 5.75 Å². The number of likely N-dealkylation sites (tertiary alicyclic amines) is 1. The summed E-state index contributed by atoms with van der Waals surface area (Å²) in [5, 5.41) is 6.69. The molecule has 2 N–H and O–H groups in total. The van der Waals surface area contributed by atoms with Gasteiger partial charge in [-0.05, 0) is 62.7 Å². The van der Waals surface area contributed by atoms with Crippen LogP contribution < -0.4 is 15.4 Å². The summed E-state index contributed by atoms with van der Waals surface area (Å²) in [4.78, 5) is 11.1. The van der Waals surface area contributed by atoms with E-state index in [1.54, 1.807) is 30.6 Å². The van der Waals surface area contributed by atoms with Crippen molar-refractivity contribution in [1.29, 1.82) is 0 Å². The summed E-state index contributed by atoms with van der Waals surface area (Å²) >= 11 is 0. The van der Waals surface area contributed by atoms with E-state index in [1.165, 1.54) is 25.5 Å². The van der Waals surface area contributed by atoms with E-state index in [1.807, 2.05) is 13.0 Å². The molecule has 3 rings (SSSR count). The highest BCUT2D eigenvalue weighted by atomic mass is 19.1. The van der Waals surface area contributed by atoms with Crippen LogP contribution in [-0.2, 0) is 6.54 Å². The second-order valence-corrected chi connectivity index (χ2v) is 7.06. The number of aliphatic imine (C=N–C) groups is 1. The van der Waals surface area contributed by atoms with Crippen LogP contribution in [0.5, 0.6) is 11.5 Å². The average molecular weight is 400 g/mol. The summed E-state index contributed by atoms with van der Waals surface area (Å²) in [6, 6.07) is 8.96. The van der Waals surface area contributed by atoms with Crippen molar-refractivity contribution in [1.82, 2.24) is 20.5 Å². The number of halogens is 1. The van der Waals surface area contributed by atoms with Gasteiger partial charge in [-0.3, -0.25) is 9.88 Å². The SMILES string of the molecule is CCNC(=NCc1ccc(Oc2cccnc2)c(F)c1)NCC1CCCN1CC. The van der Waals surface area contributed by atoms with Gasteiger partial charge in [0, 0.05) is 25.3 Å². The van der Waals surface area contributed by atoms with Crippen LogP contribution in [0, 0.1) is 5.82 Å². The number of nitrogens with zero attached hydrogens (tertiary/aromatic N) is 3. The Balaban J connectivity index is 1.59. The molecule has 0 bridgehead atoms. The van der Waals surface area contributed by atoms with E-state index in [0.29, 0.717) is 18.3 Å². The van der Waals surface area contributed by atoms with Crippen LogP contribution in [0.3, 0.4) is 0 Å². The standard InChI is InChI=1S/C22H30FN5O/c1-3-25-22(27-15-18-7-6-12-28(18)4-2)26-14-17-9-10-21(20(23)13-17)29-19-8-5-11-24-16-19/h5,8-11,13,16,18H,3-4,6-7,12,14-15H2,1-2H3,(H2,25,26,27). The highest BCUT2D eigenvalue weighted by Gasteiger charge is 2.22. The van der Waals surface area contributed by atoms with Crippen LogP contribution >= 0.6 is 0 Å². The normalized spacial score (nSPS) is 17.3. The Labute approximate surface area is 172 Å². The molecule has 0 saturated carbocycles. The summed E-state index contributed by atoms with van der Waals surface area (Å²) in [7, 11) is 0. The smallest absolute Gasteiger partial charge is 0.191 e. The van der Waals surface area contributed by atoms with Crippen LogP contribution in [0.4, 0.5) is 4.39 Å². The fraction of sp³-hybridized carbons (Fsp3) is 0.455. The van der Waals surface area contributed by atoms with Gasteiger partial charge < -0.3 is 15.4 Å². The first kappa shape index (κ1) is 21.0. The number of pyridine rings is 1. The van der Waals surface area contributed by atoms with E-state index < -0.39 is 5.82 Å². The number of hydrogen-bond acceptors (Lipinski definition) is 4. The van der Waals surface area contributed by atoms with Gasteiger partial charge in [0.1, 0.15) is 5.75 Å². The molecule has 1 saturated heterocycles. The van der Waals surface area contributed by atoms with Gasteiger partial charge in [0.15, 0.2) is 17.5 Å². The molecule has 0 radical (unpaired) electrons. The van der Waals surface area contributed by atoms with Crippen molar-refractivity contribution >= 4 is 5.96 Å². The lowest BCUT2D eigenvalue weighted by molar-refractivity contribution is 0.267. The van der Waals surface area contributed by atoms with Crippen molar-refractivity contribution in [2.24, 2.45) is 4.99 Å². The van der Waals surface area contributed by atoms with Crippen molar-refractivity contribution in [3.63, 3.8) is 0 Å². The van der Waals surface area contributed by atoms with Gasteiger partial charge in [-0.25, -0.2) is 9.38 Å². The van der Waals surface area contributed by atoms with Crippen molar-refractivity contribution in [2.45, 2.75) is 39.3 Å². The Morgan fingerprint density at radius 1 is 1.31 bits per heavy atom. The molecule has 29 heavy (non-hydrogen) atoms. The minimum atomic E-state index is -0.413. The number of benzene rings is 1. The molecule has 0 aliphatic carbocycles. The van der Waals surface area contributed by atoms with Gasteiger partial charge in [-0.1, -0.05) is 13.0 Å². The number of ether oxygens (including phenoxy) is 1. The average Bonchev–Trinajstić information content (AvgIpc) is 3.20. The minimum absolute atomic E-state index is 0.177. The Hall–Kier alpha value is -2.67.